The molecule has 2 saturated heterocycles. The van der Waals surface area contributed by atoms with Crippen molar-refractivity contribution in [2.45, 2.75) is 65.0 Å². The van der Waals surface area contributed by atoms with E-state index in [0.29, 0.717) is 6.54 Å². The van der Waals surface area contributed by atoms with Gasteiger partial charge in [-0.2, -0.15) is 0 Å². The third-order valence-corrected chi connectivity index (χ3v) is 7.50. The number of aryl methyl sites for hydroxylation is 2. The van der Waals surface area contributed by atoms with Crippen LogP contribution in [0.4, 0.5) is 0 Å². The van der Waals surface area contributed by atoms with Crippen LogP contribution in [0, 0.1) is 25.2 Å². The normalized spacial score (nSPS) is 27.8. The van der Waals surface area contributed by atoms with E-state index in [2.05, 4.69) is 33.2 Å². The summed E-state index contributed by atoms with van der Waals surface area (Å²) in [5.74, 6) is 0.578. The lowest BCUT2D eigenvalue weighted by Gasteiger charge is -2.54. The summed E-state index contributed by atoms with van der Waals surface area (Å²) in [6, 6.07) is 2.08. The van der Waals surface area contributed by atoms with Crippen LogP contribution in [-0.4, -0.2) is 59.3 Å². The van der Waals surface area contributed by atoms with Crippen molar-refractivity contribution in [3.8, 4) is 0 Å². The van der Waals surface area contributed by atoms with Crippen molar-refractivity contribution >= 4 is 11.8 Å². The number of likely N-dealkylation sites (tertiary alicyclic amines) is 2. The van der Waals surface area contributed by atoms with Crippen LogP contribution in [0.25, 0.3) is 0 Å². The highest BCUT2D eigenvalue weighted by Crippen LogP contribution is 2.44. The fraction of sp³-hybridized carbons (Fsp3) is 0.696. The molecule has 0 radical (unpaired) electrons. The SMILES string of the molecule is Cc1cc(CNC(=O)[C@@]23CCCN(C(=O)C4CCC4)[C@H]2CN(C)CC3)cnc1C. The summed E-state index contributed by atoms with van der Waals surface area (Å²) in [5.41, 5.74) is 2.73. The molecule has 0 unspecified atom stereocenters. The summed E-state index contributed by atoms with van der Waals surface area (Å²) in [6.45, 7) is 7.02. The quantitative estimate of drug-likeness (QED) is 0.846. The van der Waals surface area contributed by atoms with Gasteiger partial charge in [0.25, 0.3) is 0 Å². The largest absolute Gasteiger partial charge is 0.351 e. The van der Waals surface area contributed by atoms with Crippen molar-refractivity contribution in [2.24, 2.45) is 11.3 Å². The minimum Gasteiger partial charge on any atom is -0.351 e. The number of aromatic nitrogens is 1. The Bertz CT molecular complexity index is 791. The predicted molar refractivity (Wildman–Crippen MR) is 112 cm³/mol. The van der Waals surface area contributed by atoms with E-state index in [1.807, 2.05) is 20.0 Å². The molecule has 1 aromatic rings. The zero-order chi connectivity index (χ0) is 20.6. The molecule has 2 atom stereocenters. The van der Waals surface area contributed by atoms with Gasteiger partial charge in [0.15, 0.2) is 0 Å². The number of hydrogen-bond donors (Lipinski definition) is 1. The summed E-state index contributed by atoms with van der Waals surface area (Å²) in [7, 11) is 2.10. The van der Waals surface area contributed by atoms with Crippen LogP contribution in [0.1, 0.15) is 55.3 Å². The third kappa shape index (κ3) is 3.79. The molecule has 1 N–H and O–H groups in total. The van der Waals surface area contributed by atoms with Gasteiger partial charge < -0.3 is 15.1 Å². The molecule has 2 aliphatic heterocycles. The zero-order valence-electron chi connectivity index (χ0n) is 18.0. The molecule has 6 heteroatoms. The summed E-state index contributed by atoms with van der Waals surface area (Å²) < 4.78 is 0. The average molecular weight is 399 g/mol. The second kappa shape index (κ2) is 8.05. The molecule has 0 aromatic carbocycles. The Morgan fingerprint density at radius 1 is 1.21 bits per heavy atom. The number of nitrogens with zero attached hydrogens (tertiary/aromatic N) is 3. The van der Waals surface area contributed by atoms with Gasteiger partial charge in [0, 0.05) is 37.4 Å². The Balaban J connectivity index is 1.52. The molecule has 3 heterocycles. The summed E-state index contributed by atoms with van der Waals surface area (Å²) >= 11 is 0. The van der Waals surface area contributed by atoms with E-state index >= 15 is 0 Å². The number of carbonyl (C=O) groups excluding carboxylic acids is 2. The maximum absolute atomic E-state index is 13.5. The number of nitrogens with one attached hydrogen (secondary N) is 1. The lowest BCUT2D eigenvalue weighted by Crippen LogP contribution is -2.67. The minimum atomic E-state index is -0.461. The van der Waals surface area contributed by atoms with Crippen molar-refractivity contribution in [1.29, 1.82) is 0 Å². The van der Waals surface area contributed by atoms with Crippen LogP contribution in [0.2, 0.25) is 0 Å². The van der Waals surface area contributed by atoms with Gasteiger partial charge in [-0.3, -0.25) is 14.6 Å². The standard InChI is InChI=1S/C23H34N4O2/c1-16-12-18(13-24-17(16)2)14-25-22(29)23-8-5-10-27(21(28)19-6-4-7-19)20(23)15-26(3)11-9-23/h12-13,19-20H,4-11,14-15H2,1-3H3,(H,25,29)/t20-,23+/m0/s1. The Morgan fingerprint density at radius 3 is 2.69 bits per heavy atom. The second-order valence-electron chi connectivity index (χ2n) is 9.38. The average Bonchev–Trinajstić information content (AvgIpc) is 2.66. The molecule has 2 amide bonds. The third-order valence-electron chi connectivity index (χ3n) is 7.50. The van der Waals surface area contributed by atoms with E-state index in [1.54, 1.807) is 0 Å². The van der Waals surface area contributed by atoms with Crippen LogP contribution < -0.4 is 5.32 Å². The second-order valence-corrected chi connectivity index (χ2v) is 9.38. The van der Waals surface area contributed by atoms with E-state index in [4.69, 9.17) is 0 Å². The van der Waals surface area contributed by atoms with Crippen LogP contribution >= 0.6 is 0 Å². The van der Waals surface area contributed by atoms with E-state index in [-0.39, 0.29) is 23.8 Å². The monoisotopic (exact) mass is 398 g/mol. The maximum Gasteiger partial charge on any atom is 0.228 e. The number of rotatable bonds is 4. The molecule has 0 spiro atoms. The summed E-state index contributed by atoms with van der Waals surface area (Å²) in [5, 5.41) is 3.20. The van der Waals surface area contributed by atoms with Crippen LogP contribution in [0.15, 0.2) is 12.3 Å². The molecule has 1 saturated carbocycles. The van der Waals surface area contributed by atoms with Gasteiger partial charge in [0.1, 0.15) is 0 Å². The molecule has 6 nitrogen and oxygen atoms in total. The number of hydrogen-bond acceptors (Lipinski definition) is 4. The van der Waals surface area contributed by atoms with E-state index in [0.717, 1.165) is 75.0 Å². The van der Waals surface area contributed by atoms with Crippen molar-refractivity contribution in [1.82, 2.24) is 20.1 Å². The molecular weight excluding hydrogens is 364 g/mol. The fourth-order valence-electron chi connectivity index (χ4n) is 5.22. The maximum atomic E-state index is 13.5. The first-order valence-corrected chi connectivity index (χ1v) is 11.1. The summed E-state index contributed by atoms with van der Waals surface area (Å²) in [4.78, 5) is 35.4. The molecule has 0 bridgehead atoms. The van der Waals surface area contributed by atoms with Gasteiger partial charge in [-0.1, -0.05) is 12.5 Å². The van der Waals surface area contributed by atoms with Gasteiger partial charge in [0.05, 0.1) is 11.5 Å². The van der Waals surface area contributed by atoms with Crippen molar-refractivity contribution in [2.75, 3.05) is 26.7 Å². The highest BCUT2D eigenvalue weighted by Gasteiger charge is 2.54. The number of carbonyl (C=O) groups is 2. The highest BCUT2D eigenvalue weighted by atomic mass is 16.2. The van der Waals surface area contributed by atoms with E-state index in [1.165, 1.54) is 0 Å². The first kappa shape index (κ1) is 20.3. The Labute approximate surface area is 174 Å². The van der Waals surface area contributed by atoms with Gasteiger partial charge >= 0.3 is 0 Å². The molecule has 3 fully saturated rings. The van der Waals surface area contributed by atoms with Gasteiger partial charge in [-0.15, -0.1) is 0 Å². The van der Waals surface area contributed by atoms with Crippen LogP contribution in [-0.2, 0) is 16.1 Å². The first-order valence-electron chi connectivity index (χ1n) is 11.1. The number of pyridine rings is 1. The Kier molecular flexibility index (Phi) is 5.65. The Hall–Kier alpha value is -1.95. The zero-order valence-corrected chi connectivity index (χ0v) is 18.0. The first-order chi connectivity index (χ1) is 13.9. The van der Waals surface area contributed by atoms with Gasteiger partial charge in [-0.05, 0) is 70.7 Å². The number of fused-ring (bicyclic) bond motifs is 1. The molecule has 3 aliphatic rings. The van der Waals surface area contributed by atoms with E-state index < -0.39 is 5.41 Å². The lowest BCUT2D eigenvalue weighted by atomic mass is 9.67. The van der Waals surface area contributed by atoms with Gasteiger partial charge in [0.2, 0.25) is 11.8 Å². The molecule has 1 aromatic heterocycles. The van der Waals surface area contributed by atoms with Crippen LogP contribution in [0.5, 0.6) is 0 Å². The number of likely N-dealkylation sites (N-methyl/N-ethyl adjacent to an activating group) is 1. The topological polar surface area (TPSA) is 65.5 Å². The van der Waals surface area contributed by atoms with Gasteiger partial charge in [-0.25, -0.2) is 0 Å². The molecular formula is C23H34N4O2. The van der Waals surface area contributed by atoms with Crippen LogP contribution in [0.3, 0.4) is 0 Å². The smallest absolute Gasteiger partial charge is 0.228 e. The predicted octanol–water partition coefficient (Wildman–Crippen LogP) is 2.43. The summed E-state index contributed by atoms with van der Waals surface area (Å²) in [6.07, 6.45) is 7.63. The highest BCUT2D eigenvalue weighted by molar-refractivity contribution is 5.86. The lowest BCUT2D eigenvalue weighted by molar-refractivity contribution is -0.158. The number of piperidine rings is 2. The van der Waals surface area contributed by atoms with Crippen molar-refractivity contribution in [3.63, 3.8) is 0 Å². The number of amides is 2. The van der Waals surface area contributed by atoms with Crippen molar-refractivity contribution < 1.29 is 9.59 Å². The van der Waals surface area contributed by atoms with Crippen molar-refractivity contribution in [3.05, 3.63) is 29.1 Å². The molecule has 158 valence electrons. The fourth-order valence-corrected chi connectivity index (χ4v) is 5.22. The molecule has 4 rings (SSSR count). The molecule has 1 aliphatic carbocycles. The Morgan fingerprint density at radius 2 is 2.00 bits per heavy atom. The minimum absolute atomic E-state index is 0.0130. The van der Waals surface area contributed by atoms with E-state index in [9.17, 15) is 9.59 Å². The molecule has 29 heavy (non-hydrogen) atoms.